The molecule has 0 spiro atoms. The molecule has 1 aliphatic rings. The Balaban J connectivity index is 1.90. The van der Waals surface area contributed by atoms with Gasteiger partial charge >= 0.3 is 0 Å². The number of rotatable bonds is 5. The van der Waals surface area contributed by atoms with Crippen LogP contribution < -0.4 is 10.6 Å². The number of amides is 2. The molecule has 0 unspecified atom stereocenters. The maximum absolute atomic E-state index is 12.0. The second-order valence-electron chi connectivity index (χ2n) is 5.41. The maximum atomic E-state index is 12.0. The molecule has 1 aliphatic heterocycles. The van der Waals surface area contributed by atoms with E-state index in [4.69, 9.17) is 0 Å². The van der Waals surface area contributed by atoms with Gasteiger partial charge in [0, 0.05) is 18.2 Å². The fourth-order valence-corrected chi connectivity index (χ4v) is 2.98. The summed E-state index contributed by atoms with van der Waals surface area (Å²) >= 11 is 1.33. The Labute approximate surface area is 135 Å². The summed E-state index contributed by atoms with van der Waals surface area (Å²) < 4.78 is 0. The number of carbonyl (C=O) groups excluding carboxylic acids is 2. The first kappa shape index (κ1) is 16.5. The van der Waals surface area contributed by atoms with Crippen molar-refractivity contribution < 1.29 is 9.59 Å². The van der Waals surface area contributed by atoms with Crippen molar-refractivity contribution in [2.24, 2.45) is 4.99 Å². The second kappa shape index (κ2) is 7.45. The molecule has 2 amide bonds. The van der Waals surface area contributed by atoms with Crippen molar-refractivity contribution in [2.75, 3.05) is 5.32 Å². The topological polar surface area (TPSA) is 70.6 Å². The zero-order chi connectivity index (χ0) is 16.1. The number of nitrogens with one attached hydrogen (secondary N) is 2. The molecule has 1 heterocycles. The van der Waals surface area contributed by atoms with E-state index in [2.05, 4.69) is 15.6 Å². The summed E-state index contributed by atoms with van der Waals surface area (Å²) in [5.41, 5.74) is 1.88. The SMILES string of the molecule is CC[C@H](C)N=C1NC(=O)[C@@H](CC(=O)Nc2ccc(C)cc2)S1. The Bertz CT molecular complexity index is 584. The third-order valence-corrected chi connectivity index (χ3v) is 4.51. The summed E-state index contributed by atoms with van der Waals surface area (Å²) in [5.74, 6) is -0.313. The molecular weight excluding hydrogens is 298 g/mol. The zero-order valence-electron chi connectivity index (χ0n) is 13.1. The van der Waals surface area contributed by atoms with Gasteiger partial charge in [0.2, 0.25) is 11.8 Å². The second-order valence-corrected chi connectivity index (χ2v) is 6.60. The van der Waals surface area contributed by atoms with Gasteiger partial charge in [-0.25, -0.2) is 0 Å². The molecule has 1 saturated heterocycles. The first-order chi connectivity index (χ1) is 10.5. The van der Waals surface area contributed by atoms with E-state index in [-0.39, 0.29) is 24.3 Å². The van der Waals surface area contributed by atoms with Gasteiger partial charge < -0.3 is 10.6 Å². The van der Waals surface area contributed by atoms with Gasteiger partial charge in [-0.05, 0) is 32.4 Å². The van der Waals surface area contributed by atoms with Crippen LogP contribution in [0.1, 0.15) is 32.3 Å². The minimum absolute atomic E-state index is 0.143. The molecule has 22 heavy (non-hydrogen) atoms. The van der Waals surface area contributed by atoms with Crippen LogP contribution in [0.3, 0.4) is 0 Å². The molecule has 1 aromatic rings. The Hall–Kier alpha value is -1.82. The molecule has 2 N–H and O–H groups in total. The van der Waals surface area contributed by atoms with Gasteiger partial charge in [-0.15, -0.1) is 0 Å². The van der Waals surface area contributed by atoms with Gasteiger partial charge in [0.1, 0.15) is 5.25 Å². The van der Waals surface area contributed by atoms with Crippen molar-refractivity contribution in [2.45, 2.75) is 44.9 Å². The van der Waals surface area contributed by atoms with Crippen LogP contribution in [0.25, 0.3) is 0 Å². The van der Waals surface area contributed by atoms with E-state index in [0.717, 1.165) is 17.7 Å². The third kappa shape index (κ3) is 4.59. The molecule has 0 bridgehead atoms. The van der Waals surface area contributed by atoms with Crippen LogP contribution in [0.5, 0.6) is 0 Å². The average molecular weight is 319 g/mol. The summed E-state index contributed by atoms with van der Waals surface area (Å²) in [6, 6.07) is 7.74. The van der Waals surface area contributed by atoms with Gasteiger partial charge in [-0.1, -0.05) is 36.4 Å². The summed E-state index contributed by atoms with van der Waals surface area (Å²) in [5, 5.41) is 5.76. The van der Waals surface area contributed by atoms with Gasteiger partial charge in [0.25, 0.3) is 0 Å². The van der Waals surface area contributed by atoms with Crippen molar-refractivity contribution in [3.05, 3.63) is 29.8 Å². The van der Waals surface area contributed by atoms with Gasteiger partial charge in [0.15, 0.2) is 5.17 Å². The highest BCUT2D eigenvalue weighted by Crippen LogP contribution is 2.23. The predicted molar refractivity (Wildman–Crippen MR) is 91.1 cm³/mol. The normalized spacial score (nSPS) is 20.8. The first-order valence-electron chi connectivity index (χ1n) is 7.39. The number of carbonyl (C=O) groups is 2. The molecule has 6 heteroatoms. The number of amidine groups is 1. The van der Waals surface area contributed by atoms with Crippen LogP contribution in [0.2, 0.25) is 0 Å². The summed E-state index contributed by atoms with van der Waals surface area (Å²) in [6.45, 7) is 6.03. The first-order valence-corrected chi connectivity index (χ1v) is 8.27. The molecule has 118 valence electrons. The standard InChI is InChI=1S/C16H21N3O2S/c1-4-11(3)17-16-19-15(21)13(22-16)9-14(20)18-12-7-5-10(2)6-8-12/h5-8,11,13H,4,9H2,1-3H3,(H,18,20)(H,17,19,21)/t11-,13+/m0/s1. The van der Waals surface area contributed by atoms with E-state index in [1.54, 1.807) is 0 Å². The van der Waals surface area contributed by atoms with Crippen molar-refractivity contribution in [3.8, 4) is 0 Å². The van der Waals surface area contributed by atoms with Crippen LogP contribution in [0, 0.1) is 6.92 Å². The number of nitrogens with zero attached hydrogens (tertiary/aromatic N) is 1. The molecular formula is C16H21N3O2S. The highest BCUT2D eigenvalue weighted by Gasteiger charge is 2.32. The molecule has 2 atom stereocenters. The Morgan fingerprint density at radius 1 is 1.41 bits per heavy atom. The molecule has 0 saturated carbocycles. The summed E-state index contributed by atoms with van der Waals surface area (Å²) in [7, 11) is 0. The van der Waals surface area contributed by atoms with E-state index in [1.807, 2.05) is 45.0 Å². The average Bonchev–Trinajstić information content (AvgIpc) is 2.81. The molecule has 5 nitrogen and oxygen atoms in total. The summed E-state index contributed by atoms with van der Waals surface area (Å²) in [4.78, 5) is 28.3. The minimum atomic E-state index is -0.409. The Kier molecular flexibility index (Phi) is 5.60. The van der Waals surface area contributed by atoms with Crippen LogP contribution in [-0.4, -0.2) is 28.3 Å². The van der Waals surface area contributed by atoms with Crippen molar-refractivity contribution in [1.29, 1.82) is 0 Å². The number of anilines is 1. The lowest BCUT2D eigenvalue weighted by Gasteiger charge is -2.07. The lowest BCUT2D eigenvalue weighted by atomic mass is 10.2. The van der Waals surface area contributed by atoms with Crippen LogP contribution in [-0.2, 0) is 9.59 Å². The monoisotopic (exact) mass is 319 g/mol. The van der Waals surface area contributed by atoms with E-state index in [1.165, 1.54) is 11.8 Å². The molecule has 2 rings (SSSR count). The largest absolute Gasteiger partial charge is 0.326 e. The van der Waals surface area contributed by atoms with Crippen LogP contribution in [0.4, 0.5) is 5.69 Å². The van der Waals surface area contributed by atoms with Crippen LogP contribution >= 0.6 is 11.8 Å². The number of aliphatic imine (C=N–C) groups is 1. The van der Waals surface area contributed by atoms with Crippen LogP contribution in [0.15, 0.2) is 29.3 Å². The molecule has 1 fully saturated rings. The number of hydrogen-bond donors (Lipinski definition) is 2. The van der Waals surface area contributed by atoms with Crippen molar-refractivity contribution >= 4 is 34.4 Å². The van der Waals surface area contributed by atoms with E-state index >= 15 is 0 Å². The highest BCUT2D eigenvalue weighted by molar-refractivity contribution is 8.15. The van der Waals surface area contributed by atoms with Crippen molar-refractivity contribution in [3.63, 3.8) is 0 Å². The number of thioether (sulfide) groups is 1. The lowest BCUT2D eigenvalue weighted by molar-refractivity contribution is -0.122. The smallest absolute Gasteiger partial charge is 0.240 e. The molecule has 0 radical (unpaired) electrons. The molecule has 0 aliphatic carbocycles. The molecule has 1 aromatic carbocycles. The van der Waals surface area contributed by atoms with E-state index in [9.17, 15) is 9.59 Å². The maximum Gasteiger partial charge on any atom is 0.240 e. The third-order valence-electron chi connectivity index (χ3n) is 3.41. The van der Waals surface area contributed by atoms with E-state index < -0.39 is 5.25 Å². The highest BCUT2D eigenvalue weighted by atomic mass is 32.2. The van der Waals surface area contributed by atoms with Crippen molar-refractivity contribution in [1.82, 2.24) is 5.32 Å². The Morgan fingerprint density at radius 2 is 2.09 bits per heavy atom. The number of hydrogen-bond acceptors (Lipinski definition) is 4. The zero-order valence-corrected chi connectivity index (χ0v) is 13.9. The van der Waals surface area contributed by atoms with Gasteiger partial charge in [0.05, 0.1) is 0 Å². The lowest BCUT2D eigenvalue weighted by Crippen LogP contribution is -2.28. The number of benzene rings is 1. The number of aryl methyl sites for hydroxylation is 1. The van der Waals surface area contributed by atoms with Gasteiger partial charge in [-0.2, -0.15) is 0 Å². The van der Waals surface area contributed by atoms with E-state index in [0.29, 0.717) is 5.17 Å². The molecule has 0 aromatic heterocycles. The Morgan fingerprint density at radius 3 is 2.73 bits per heavy atom. The summed E-state index contributed by atoms with van der Waals surface area (Å²) in [6.07, 6.45) is 1.06. The predicted octanol–water partition coefficient (Wildman–Crippen LogP) is 2.71. The fourth-order valence-electron chi connectivity index (χ4n) is 1.91. The van der Waals surface area contributed by atoms with Gasteiger partial charge in [-0.3, -0.25) is 14.6 Å². The minimum Gasteiger partial charge on any atom is -0.326 e. The fraction of sp³-hybridized carbons (Fsp3) is 0.438. The quantitative estimate of drug-likeness (QED) is 0.876.